The second kappa shape index (κ2) is 4.97. The molecule has 8 heteroatoms. The van der Waals surface area contributed by atoms with Gasteiger partial charge in [-0.05, 0) is 32.0 Å². The Labute approximate surface area is 123 Å². The van der Waals surface area contributed by atoms with Gasteiger partial charge in [0.25, 0.3) is 0 Å². The van der Waals surface area contributed by atoms with Crippen molar-refractivity contribution in [2.75, 3.05) is 6.61 Å². The second-order valence-electron chi connectivity index (χ2n) is 4.47. The van der Waals surface area contributed by atoms with Crippen molar-refractivity contribution in [1.29, 1.82) is 0 Å². The van der Waals surface area contributed by atoms with Crippen LogP contribution in [0.25, 0.3) is 11.5 Å². The first-order valence-electron chi connectivity index (χ1n) is 6.44. The van der Waals surface area contributed by atoms with Crippen molar-refractivity contribution in [2.45, 2.75) is 20.1 Å². The highest BCUT2D eigenvalue weighted by molar-refractivity contribution is 5.88. The largest absolute Gasteiger partial charge is 0.586 e. The minimum absolute atomic E-state index is 0.0415. The number of oxazole rings is 1. The number of halogens is 2. The maximum Gasteiger partial charge on any atom is 0.586 e. The Morgan fingerprint density at radius 3 is 2.77 bits per heavy atom. The van der Waals surface area contributed by atoms with Gasteiger partial charge in [0.05, 0.1) is 6.61 Å². The zero-order chi connectivity index (χ0) is 15.9. The summed E-state index contributed by atoms with van der Waals surface area (Å²) in [7, 11) is 0. The zero-order valence-corrected chi connectivity index (χ0v) is 11.7. The van der Waals surface area contributed by atoms with Crippen molar-refractivity contribution in [3.63, 3.8) is 0 Å². The Morgan fingerprint density at radius 1 is 1.32 bits per heavy atom. The number of nitrogens with zero attached hydrogens (tertiary/aromatic N) is 1. The van der Waals surface area contributed by atoms with E-state index in [1.165, 1.54) is 18.2 Å². The molecule has 0 spiro atoms. The van der Waals surface area contributed by atoms with Crippen molar-refractivity contribution in [3.05, 3.63) is 29.7 Å². The Balaban J connectivity index is 1.93. The topological polar surface area (TPSA) is 70.8 Å². The van der Waals surface area contributed by atoms with Gasteiger partial charge in [0.1, 0.15) is 5.76 Å². The van der Waals surface area contributed by atoms with Crippen LogP contribution in [-0.4, -0.2) is 23.9 Å². The standard InChI is InChI=1S/C14H11F2NO5/c1-3-19-13(18)11-7(2)20-12(17-11)8-4-5-9-10(6-8)22-14(15,16)21-9/h4-6H,3H2,1-2H3. The summed E-state index contributed by atoms with van der Waals surface area (Å²) >= 11 is 0. The minimum atomic E-state index is -3.69. The summed E-state index contributed by atoms with van der Waals surface area (Å²) < 4.78 is 44.9. The van der Waals surface area contributed by atoms with Crippen LogP contribution in [-0.2, 0) is 4.74 Å². The third-order valence-electron chi connectivity index (χ3n) is 2.91. The molecule has 3 rings (SSSR count). The van der Waals surface area contributed by atoms with E-state index in [9.17, 15) is 13.6 Å². The summed E-state index contributed by atoms with van der Waals surface area (Å²) in [4.78, 5) is 15.7. The van der Waals surface area contributed by atoms with E-state index < -0.39 is 12.3 Å². The zero-order valence-electron chi connectivity index (χ0n) is 11.7. The molecule has 1 aromatic carbocycles. The Hall–Kier alpha value is -2.64. The third kappa shape index (κ3) is 2.47. The molecule has 0 bridgehead atoms. The lowest BCUT2D eigenvalue weighted by atomic mass is 10.2. The van der Waals surface area contributed by atoms with Crippen molar-refractivity contribution < 1.29 is 32.2 Å². The smallest absolute Gasteiger partial charge is 0.461 e. The lowest BCUT2D eigenvalue weighted by Gasteiger charge is -2.04. The number of benzene rings is 1. The number of rotatable bonds is 3. The summed E-state index contributed by atoms with van der Waals surface area (Å²) in [6.45, 7) is 3.44. The van der Waals surface area contributed by atoms with Gasteiger partial charge in [-0.25, -0.2) is 9.78 Å². The van der Waals surface area contributed by atoms with E-state index in [4.69, 9.17) is 9.15 Å². The maximum atomic E-state index is 13.0. The van der Waals surface area contributed by atoms with Gasteiger partial charge in [0.2, 0.25) is 5.89 Å². The highest BCUT2D eigenvalue weighted by atomic mass is 19.3. The van der Waals surface area contributed by atoms with E-state index >= 15 is 0 Å². The molecule has 0 unspecified atom stereocenters. The van der Waals surface area contributed by atoms with Gasteiger partial charge in [0, 0.05) is 5.56 Å². The number of carbonyl (C=O) groups is 1. The van der Waals surface area contributed by atoms with Crippen LogP contribution in [0.4, 0.5) is 8.78 Å². The Bertz CT molecular complexity index is 741. The van der Waals surface area contributed by atoms with E-state index in [0.29, 0.717) is 5.56 Å². The van der Waals surface area contributed by atoms with E-state index in [0.717, 1.165) is 0 Å². The molecule has 116 valence electrons. The van der Waals surface area contributed by atoms with Gasteiger partial charge in [-0.3, -0.25) is 0 Å². The molecule has 0 saturated heterocycles. The Morgan fingerprint density at radius 2 is 2.05 bits per heavy atom. The van der Waals surface area contributed by atoms with Crippen LogP contribution in [0, 0.1) is 6.92 Å². The number of hydrogen-bond donors (Lipinski definition) is 0. The molecule has 1 aliphatic heterocycles. The van der Waals surface area contributed by atoms with Gasteiger partial charge in [-0.2, -0.15) is 0 Å². The molecule has 2 heterocycles. The molecule has 1 aliphatic rings. The number of hydrogen-bond acceptors (Lipinski definition) is 6. The van der Waals surface area contributed by atoms with Crippen LogP contribution in [0.3, 0.4) is 0 Å². The number of ether oxygens (including phenoxy) is 3. The van der Waals surface area contributed by atoms with Crippen molar-refractivity contribution in [2.24, 2.45) is 0 Å². The van der Waals surface area contributed by atoms with Gasteiger partial charge in [0.15, 0.2) is 17.2 Å². The average Bonchev–Trinajstić information content (AvgIpc) is 2.96. The first-order chi connectivity index (χ1) is 10.4. The number of carbonyl (C=O) groups excluding carboxylic acids is 1. The van der Waals surface area contributed by atoms with E-state index in [2.05, 4.69) is 14.5 Å². The van der Waals surface area contributed by atoms with E-state index in [1.54, 1.807) is 13.8 Å². The van der Waals surface area contributed by atoms with Crippen molar-refractivity contribution in [1.82, 2.24) is 4.98 Å². The quantitative estimate of drug-likeness (QED) is 0.811. The molecule has 6 nitrogen and oxygen atoms in total. The van der Waals surface area contributed by atoms with Gasteiger partial charge >= 0.3 is 12.3 Å². The fraction of sp³-hybridized carbons (Fsp3) is 0.286. The molecular weight excluding hydrogens is 300 g/mol. The maximum absolute atomic E-state index is 13.0. The molecule has 0 aliphatic carbocycles. The summed E-state index contributed by atoms with van der Waals surface area (Å²) in [5, 5.41) is 0. The summed E-state index contributed by atoms with van der Waals surface area (Å²) in [5.41, 5.74) is 0.415. The van der Waals surface area contributed by atoms with Crippen molar-refractivity contribution in [3.8, 4) is 23.0 Å². The molecule has 0 fully saturated rings. The van der Waals surface area contributed by atoms with E-state index in [-0.39, 0.29) is 35.5 Å². The lowest BCUT2D eigenvalue weighted by molar-refractivity contribution is -0.286. The molecule has 2 aromatic rings. The number of alkyl halides is 2. The molecule has 0 N–H and O–H groups in total. The van der Waals surface area contributed by atoms with Crippen LogP contribution in [0.1, 0.15) is 23.2 Å². The molecule has 22 heavy (non-hydrogen) atoms. The highest BCUT2D eigenvalue weighted by Crippen LogP contribution is 2.42. The van der Waals surface area contributed by atoms with Crippen LogP contribution in [0.2, 0.25) is 0 Å². The third-order valence-corrected chi connectivity index (χ3v) is 2.91. The molecule has 1 aromatic heterocycles. The second-order valence-corrected chi connectivity index (χ2v) is 4.47. The fourth-order valence-electron chi connectivity index (χ4n) is 1.99. The van der Waals surface area contributed by atoms with Gasteiger partial charge in [-0.15, -0.1) is 8.78 Å². The molecular formula is C14H11F2NO5. The number of aromatic nitrogens is 1. The monoisotopic (exact) mass is 311 g/mol. The molecule has 0 radical (unpaired) electrons. The van der Waals surface area contributed by atoms with Crippen LogP contribution in [0.5, 0.6) is 11.5 Å². The van der Waals surface area contributed by atoms with E-state index in [1.807, 2.05) is 0 Å². The van der Waals surface area contributed by atoms with Gasteiger partial charge < -0.3 is 18.6 Å². The SMILES string of the molecule is CCOC(=O)c1nc(-c2ccc3c(c2)OC(F)(F)O3)oc1C. The minimum Gasteiger partial charge on any atom is -0.461 e. The number of fused-ring (bicyclic) bond motifs is 1. The molecule has 0 amide bonds. The summed E-state index contributed by atoms with van der Waals surface area (Å²) in [6, 6.07) is 4.09. The molecule has 0 atom stereocenters. The molecule has 0 saturated carbocycles. The van der Waals surface area contributed by atoms with Gasteiger partial charge in [-0.1, -0.05) is 0 Å². The first-order valence-corrected chi connectivity index (χ1v) is 6.44. The summed E-state index contributed by atoms with van der Waals surface area (Å²) in [6.07, 6.45) is -3.69. The summed E-state index contributed by atoms with van der Waals surface area (Å²) in [5.74, 6) is -0.445. The van der Waals surface area contributed by atoms with Crippen LogP contribution >= 0.6 is 0 Å². The lowest BCUT2D eigenvalue weighted by Crippen LogP contribution is -2.25. The van der Waals surface area contributed by atoms with Crippen molar-refractivity contribution >= 4 is 5.97 Å². The predicted molar refractivity (Wildman–Crippen MR) is 68.8 cm³/mol. The fourth-order valence-corrected chi connectivity index (χ4v) is 1.99. The number of esters is 1. The average molecular weight is 311 g/mol. The Kier molecular flexibility index (Phi) is 3.23. The van der Waals surface area contributed by atoms with Crippen LogP contribution < -0.4 is 9.47 Å². The first kappa shape index (κ1) is 14.3. The highest BCUT2D eigenvalue weighted by Gasteiger charge is 2.43. The number of aryl methyl sites for hydroxylation is 1. The normalized spacial score (nSPS) is 14.9. The van der Waals surface area contributed by atoms with Crippen LogP contribution in [0.15, 0.2) is 22.6 Å². The predicted octanol–water partition coefficient (Wildman–Crippen LogP) is 3.15.